The van der Waals surface area contributed by atoms with Gasteiger partial charge in [-0.05, 0) is 67.9 Å². The van der Waals surface area contributed by atoms with Gasteiger partial charge in [-0.15, -0.1) is 0 Å². The molecule has 11 heteroatoms. The Labute approximate surface area is 232 Å². The van der Waals surface area contributed by atoms with Crippen LogP contribution in [-0.2, 0) is 6.18 Å². The smallest absolute Gasteiger partial charge is 0.324 e. The second kappa shape index (κ2) is 10.4. The fraction of sp³-hybridized carbons (Fsp3) is 0.107. The summed E-state index contributed by atoms with van der Waals surface area (Å²) < 4.78 is 107. The van der Waals surface area contributed by atoms with Crippen LogP contribution < -0.4 is 10.6 Å². The fourth-order valence-corrected chi connectivity index (χ4v) is 3.47. The topological polar surface area (TPSA) is 97.6 Å². The van der Waals surface area contributed by atoms with E-state index in [1.54, 1.807) is 6.92 Å². The van der Waals surface area contributed by atoms with Crippen molar-refractivity contribution < 1.29 is 28.9 Å². The molecule has 0 aliphatic carbocycles. The first kappa shape index (κ1) is 17.4. The fourth-order valence-electron chi connectivity index (χ4n) is 3.47. The molecule has 0 spiro atoms. The predicted molar refractivity (Wildman–Crippen MR) is 141 cm³/mol. The van der Waals surface area contributed by atoms with Crippen molar-refractivity contribution in [2.24, 2.45) is 0 Å². The molecule has 0 fully saturated rings. The van der Waals surface area contributed by atoms with Crippen molar-refractivity contribution >= 4 is 23.2 Å². The molecular weight excluding hydrogens is 507 g/mol. The number of hydrogen-bond donors (Lipinski definition) is 2. The first-order chi connectivity index (χ1) is 22.0. The second-order valence-electron chi connectivity index (χ2n) is 8.21. The maximum absolute atomic E-state index is 13.8. The lowest BCUT2D eigenvalue weighted by atomic mass is 10.1. The Morgan fingerprint density at radius 3 is 2.67 bits per heavy atom. The van der Waals surface area contributed by atoms with Gasteiger partial charge in [-0.3, -0.25) is 9.78 Å². The van der Waals surface area contributed by atoms with Crippen LogP contribution in [0.3, 0.4) is 0 Å². The molecule has 0 unspecified atom stereocenters. The Morgan fingerprint density at radius 1 is 1.05 bits per heavy atom. The lowest BCUT2D eigenvalue weighted by molar-refractivity contribution is -0.137. The summed E-state index contributed by atoms with van der Waals surface area (Å²) in [6, 6.07) is 5.17. The first-order valence-electron chi connectivity index (χ1n) is 15.2. The van der Waals surface area contributed by atoms with Crippen molar-refractivity contribution in [1.82, 2.24) is 24.5 Å². The molecule has 0 radical (unpaired) electrons. The van der Waals surface area contributed by atoms with Crippen molar-refractivity contribution in [2.75, 3.05) is 10.6 Å². The third kappa shape index (κ3) is 5.93. The number of aromatic nitrogens is 5. The lowest BCUT2D eigenvalue weighted by Crippen LogP contribution is -2.14. The Balaban J connectivity index is 1.49. The number of benzene rings is 2. The summed E-state index contributed by atoms with van der Waals surface area (Å²) >= 11 is 0. The first-order valence-corrected chi connectivity index (χ1v) is 11.2. The molecule has 2 aromatic carbocycles. The molecule has 0 bridgehead atoms. The van der Waals surface area contributed by atoms with E-state index < -0.39 is 60.6 Å². The summed E-state index contributed by atoms with van der Waals surface area (Å²) in [5.41, 5.74) is -1.40. The molecular formula is C28H22F3N7O. The third-order valence-electron chi connectivity index (χ3n) is 5.36. The molecule has 0 atom stereocenters. The number of amides is 1. The molecule has 0 aliphatic heterocycles. The highest BCUT2D eigenvalue weighted by Gasteiger charge is 2.31. The number of hydrogen-bond acceptors (Lipinski definition) is 6. The third-order valence-corrected chi connectivity index (χ3v) is 5.36. The molecule has 0 aliphatic rings. The number of nitrogens with one attached hydrogen (secondary N) is 2. The molecule has 39 heavy (non-hydrogen) atoms. The zero-order valence-electron chi connectivity index (χ0n) is 28.2. The highest BCUT2D eigenvalue weighted by Crippen LogP contribution is 2.33. The Bertz CT molecular complexity index is 2090. The van der Waals surface area contributed by atoms with Gasteiger partial charge in [0.1, 0.15) is 1.37 Å². The van der Waals surface area contributed by atoms with Crippen LogP contribution in [0.2, 0.25) is 0 Å². The lowest BCUT2D eigenvalue weighted by Gasteiger charge is -2.14. The number of rotatable bonds is 6. The number of carbonyl (C=O) groups excluding carboxylic acids is 1. The van der Waals surface area contributed by atoms with Crippen molar-refractivity contribution in [3.63, 3.8) is 0 Å². The van der Waals surface area contributed by atoms with Gasteiger partial charge < -0.3 is 15.2 Å². The van der Waals surface area contributed by atoms with Gasteiger partial charge in [-0.25, -0.2) is 15.0 Å². The number of carbonyl (C=O) groups is 1. The van der Waals surface area contributed by atoms with Gasteiger partial charge in [0, 0.05) is 52.9 Å². The van der Waals surface area contributed by atoms with Crippen LogP contribution in [0, 0.1) is 13.8 Å². The van der Waals surface area contributed by atoms with Crippen LogP contribution in [0.1, 0.15) is 38.1 Å². The Kier molecular flexibility index (Phi) is 4.64. The normalized spacial score (nSPS) is 14.2. The quantitative estimate of drug-likeness (QED) is 0.262. The number of anilines is 3. The minimum Gasteiger partial charge on any atom is -0.324 e. The maximum atomic E-state index is 13.8. The van der Waals surface area contributed by atoms with Crippen LogP contribution in [-0.4, -0.2) is 30.4 Å². The van der Waals surface area contributed by atoms with E-state index >= 15 is 0 Å². The summed E-state index contributed by atoms with van der Waals surface area (Å²) in [5, 5.41) is 5.23. The number of nitrogens with zero attached hydrogens (tertiary/aromatic N) is 5. The number of halogens is 3. The molecule has 2 N–H and O–H groups in total. The summed E-state index contributed by atoms with van der Waals surface area (Å²) in [7, 11) is 0. The van der Waals surface area contributed by atoms with Crippen molar-refractivity contribution in [2.45, 2.75) is 20.0 Å². The second-order valence-corrected chi connectivity index (χ2v) is 8.21. The van der Waals surface area contributed by atoms with Gasteiger partial charge >= 0.3 is 6.18 Å². The van der Waals surface area contributed by atoms with E-state index in [-0.39, 0.29) is 51.7 Å². The van der Waals surface area contributed by atoms with E-state index in [1.807, 2.05) is 0 Å². The minimum absolute atomic E-state index is 0.0164. The molecule has 3 heterocycles. The van der Waals surface area contributed by atoms with Gasteiger partial charge in [0.05, 0.1) is 32.8 Å². The molecule has 8 nitrogen and oxygen atoms in total. The highest BCUT2D eigenvalue weighted by atomic mass is 19.4. The number of aryl methyl sites for hydroxylation is 2. The Hall–Kier alpha value is -5.06. The van der Waals surface area contributed by atoms with E-state index in [0.717, 1.165) is 10.6 Å². The average Bonchev–Trinajstić information content (AvgIpc) is 3.24. The molecule has 196 valence electrons. The van der Waals surface area contributed by atoms with Crippen LogP contribution in [0.15, 0.2) is 85.5 Å². The van der Waals surface area contributed by atoms with E-state index in [2.05, 4.69) is 30.6 Å². The molecule has 5 rings (SSSR count). The van der Waals surface area contributed by atoms with Crippen molar-refractivity contribution in [1.29, 1.82) is 0 Å². The predicted octanol–water partition coefficient (Wildman–Crippen LogP) is 6.36. The summed E-state index contributed by atoms with van der Waals surface area (Å²) in [4.78, 5) is 28.7. The average molecular weight is 538 g/mol. The van der Waals surface area contributed by atoms with Crippen LogP contribution in [0.5, 0.6) is 0 Å². The molecule has 1 amide bonds. The number of alkyl halides is 3. The number of imidazole rings is 1. The van der Waals surface area contributed by atoms with Crippen LogP contribution in [0.4, 0.5) is 30.5 Å². The molecule has 0 saturated heterocycles. The van der Waals surface area contributed by atoms with Gasteiger partial charge in [0.15, 0.2) is 0 Å². The maximum Gasteiger partial charge on any atom is 0.416 e. The monoisotopic (exact) mass is 537 g/mol. The summed E-state index contributed by atoms with van der Waals surface area (Å²) in [6.07, 6.45) is -7.36. The Morgan fingerprint density at radius 2 is 1.90 bits per heavy atom. The summed E-state index contributed by atoms with van der Waals surface area (Å²) in [5.74, 6) is -1.08. The molecule has 3 aromatic heterocycles. The van der Waals surface area contributed by atoms with Gasteiger partial charge in [0.2, 0.25) is 5.95 Å². The largest absolute Gasteiger partial charge is 0.416 e. The van der Waals surface area contributed by atoms with Gasteiger partial charge in [-0.2, -0.15) is 13.2 Å². The van der Waals surface area contributed by atoms with E-state index in [4.69, 9.17) is 11.0 Å². The van der Waals surface area contributed by atoms with Crippen molar-refractivity contribution in [3.8, 4) is 16.9 Å². The van der Waals surface area contributed by atoms with Gasteiger partial charge in [-0.1, -0.05) is 6.07 Å². The standard InChI is InChI=1S/C28H22F3N7O/c1-17-5-6-19(10-25(17)37-27-33-9-7-24(36-27)20-4-3-8-32-14-20)26(39)35-22-11-21(28(29,30)31)12-23(13-22)38-15-18(2)34-16-38/h3-16H,1-2H3,(H,35,39)(H,33,36,37)/i3D,4D,7D,8D,9D,14D,15D,16D. The zero-order valence-corrected chi connectivity index (χ0v) is 20.2. The molecule has 5 aromatic rings. The SMILES string of the molecule is [2H]c1nc(Nc2cc(C(=O)Nc3cc(-n4c([2H])nc(C)c4[2H])cc(C(F)(F)F)c3)ccc2C)nc(-c2c([2H])nc([2H])c([2H])c2[2H])c1[2H]. The molecule has 0 saturated carbocycles. The van der Waals surface area contributed by atoms with E-state index in [9.17, 15) is 18.0 Å². The zero-order chi connectivity index (χ0) is 34.5. The number of pyridine rings is 1. The van der Waals surface area contributed by atoms with E-state index in [1.165, 1.54) is 31.2 Å². The van der Waals surface area contributed by atoms with Crippen LogP contribution in [0.25, 0.3) is 16.9 Å². The van der Waals surface area contributed by atoms with E-state index in [0.29, 0.717) is 11.6 Å². The van der Waals surface area contributed by atoms with Crippen molar-refractivity contribution in [3.05, 3.63) is 108 Å². The minimum atomic E-state index is -4.82. The van der Waals surface area contributed by atoms with Crippen LogP contribution >= 0.6 is 0 Å². The summed E-state index contributed by atoms with van der Waals surface area (Å²) in [6.45, 7) is 3.09. The highest BCUT2D eigenvalue weighted by molar-refractivity contribution is 6.05. The van der Waals surface area contributed by atoms with Gasteiger partial charge in [0.25, 0.3) is 5.91 Å².